The average Bonchev–Trinajstić information content (AvgIpc) is 2.21. The van der Waals surface area contributed by atoms with Gasteiger partial charge in [0.05, 0.1) is 18.8 Å². The minimum absolute atomic E-state index is 0.179. The lowest BCUT2D eigenvalue weighted by atomic mass is 9.94. The monoisotopic (exact) mass is 230 g/mol. The van der Waals surface area contributed by atoms with E-state index in [0.717, 1.165) is 19.5 Å². The van der Waals surface area contributed by atoms with Crippen LogP contribution in [0.1, 0.15) is 27.2 Å². The minimum atomic E-state index is -0.400. The molecule has 0 aromatic carbocycles. The number of ether oxygens (including phenoxy) is 1. The molecule has 0 spiro atoms. The van der Waals surface area contributed by atoms with E-state index in [4.69, 9.17) is 10.5 Å². The van der Waals surface area contributed by atoms with Crippen molar-refractivity contribution in [2.45, 2.75) is 45.4 Å². The zero-order valence-corrected chi connectivity index (χ0v) is 10.7. The van der Waals surface area contributed by atoms with Gasteiger partial charge in [0.1, 0.15) is 0 Å². The van der Waals surface area contributed by atoms with E-state index in [-0.39, 0.29) is 12.1 Å². The fourth-order valence-corrected chi connectivity index (χ4v) is 1.99. The van der Waals surface area contributed by atoms with Crippen LogP contribution in [0, 0.1) is 5.92 Å². The molecule has 1 rings (SSSR count). The second-order valence-electron chi connectivity index (χ2n) is 5.23. The van der Waals surface area contributed by atoms with Crippen molar-refractivity contribution in [2.75, 3.05) is 26.2 Å². The van der Waals surface area contributed by atoms with Crippen LogP contribution in [0.15, 0.2) is 0 Å². The van der Waals surface area contributed by atoms with Gasteiger partial charge in [-0.05, 0) is 32.7 Å². The Kier molecular flexibility index (Phi) is 5.69. The number of likely N-dealkylation sites (tertiary alicyclic amines) is 1. The summed E-state index contributed by atoms with van der Waals surface area (Å²) in [5, 5.41) is 9.79. The molecular formula is C12H26N2O2. The number of rotatable bonds is 5. The quantitative estimate of drug-likeness (QED) is 0.719. The van der Waals surface area contributed by atoms with Gasteiger partial charge in [-0.15, -0.1) is 0 Å². The third kappa shape index (κ3) is 4.78. The van der Waals surface area contributed by atoms with E-state index >= 15 is 0 Å². The topological polar surface area (TPSA) is 58.7 Å². The van der Waals surface area contributed by atoms with Crippen molar-refractivity contribution in [2.24, 2.45) is 11.7 Å². The van der Waals surface area contributed by atoms with E-state index in [0.29, 0.717) is 19.1 Å². The number of aliphatic hydroxyl groups is 1. The first-order chi connectivity index (χ1) is 7.49. The van der Waals surface area contributed by atoms with Crippen LogP contribution >= 0.6 is 0 Å². The van der Waals surface area contributed by atoms with Crippen LogP contribution < -0.4 is 5.73 Å². The number of nitrogens with two attached hydrogens (primary N) is 1. The van der Waals surface area contributed by atoms with E-state index in [2.05, 4.69) is 11.8 Å². The lowest BCUT2D eigenvalue weighted by Gasteiger charge is -2.36. The van der Waals surface area contributed by atoms with Gasteiger partial charge >= 0.3 is 0 Å². The Hall–Kier alpha value is -0.160. The number of hydrogen-bond acceptors (Lipinski definition) is 4. The van der Waals surface area contributed by atoms with Crippen molar-refractivity contribution in [3.8, 4) is 0 Å². The molecule has 4 nitrogen and oxygen atoms in total. The molecule has 1 aliphatic rings. The van der Waals surface area contributed by atoms with Gasteiger partial charge in [-0.3, -0.25) is 4.90 Å². The summed E-state index contributed by atoms with van der Waals surface area (Å²) in [5.74, 6) is 0.598. The highest BCUT2D eigenvalue weighted by Gasteiger charge is 2.24. The van der Waals surface area contributed by atoms with Gasteiger partial charge in [0.15, 0.2) is 0 Å². The molecule has 1 heterocycles. The van der Waals surface area contributed by atoms with Gasteiger partial charge in [0, 0.05) is 19.1 Å². The first kappa shape index (κ1) is 13.9. The van der Waals surface area contributed by atoms with Gasteiger partial charge in [-0.1, -0.05) is 6.92 Å². The maximum absolute atomic E-state index is 9.79. The molecule has 0 aromatic rings. The molecule has 0 aliphatic carbocycles. The average molecular weight is 230 g/mol. The standard InChI is InChI=1S/C12H26N2O2/c1-9(2)16-8-11(15)6-14-5-4-10(3)12(13)7-14/h9-12,15H,4-8,13H2,1-3H3. The molecule has 3 atom stereocenters. The van der Waals surface area contributed by atoms with Crippen molar-refractivity contribution >= 4 is 0 Å². The van der Waals surface area contributed by atoms with Gasteiger partial charge < -0.3 is 15.6 Å². The highest BCUT2D eigenvalue weighted by atomic mass is 16.5. The first-order valence-electron chi connectivity index (χ1n) is 6.26. The van der Waals surface area contributed by atoms with Crippen LogP contribution in [-0.4, -0.2) is 54.5 Å². The van der Waals surface area contributed by atoms with Gasteiger partial charge in [0.2, 0.25) is 0 Å². The number of nitrogens with zero attached hydrogens (tertiary/aromatic N) is 1. The summed E-state index contributed by atoms with van der Waals surface area (Å²) in [5.41, 5.74) is 6.01. The third-order valence-electron chi connectivity index (χ3n) is 3.19. The zero-order valence-electron chi connectivity index (χ0n) is 10.7. The summed E-state index contributed by atoms with van der Waals surface area (Å²) in [6.45, 7) is 9.16. The number of β-amino-alcohol motifs (C(OH)–C–C–N with tert-alkyl or cyclic N) is 1. The Labute approximate surface area is 98.8 Å². The minimum Gasteiger partial charge on any atom is -0.389 e. The largest absolute Gasteiger partial charge is 0.389 e. The fraction of sp³-hybridized carbons (Fsp3) is 1.00. The predicted molar refractivity (Wildman–Crippen MR) is 65.3 cm³/mol. The second-order valence-corrected chi connectivity index (χ2v) is 5.23. The summed E-state index contributed by atoms with van der Waals surface area (Å²) in [4.78, 5) is 2.24. The normalized spacial score (nSPS) is 29.6. The van der Waals surface area contributed by atoms with E-state index in [1.807, 2.05) is 13.8 Å². The highest BCUT2D eigenvalue weighted by Crippen LogP contribution is 2.15. The summed E-state index contributed by atoms with van der Waals surface area (Å²) in [7, 11) is 0. The highest BCUT2D eigenvalue weighted by molar-refractivity contribution is 4.81. The summed E-state index contributed by atoms with van der Waals surface area (Å²) < 4.78 is 5.39. The van der Waals surface area contributed by atoms with E-state index in [1.165, 1.54) is 0 Å². The molecular weight excluding hydrogens is 204 g/mol. The van der Waals surface area contributed by atoms with Crippen LogP contribution in [0.3, 0.4) is 0 Å². The fourth-order valence-electron chi connectivity index (χ4n) is 1.99. The molecule has 16 heavy (non-hydrogen) atoms. The maximum atomic E-state index is 9.79. The predicted octanol–water partition coefficient (Wildman–Crippen LogP) is 0.441. The van der Waals surface area contributed by atoms with E-state index in [9.17, 15) is 5.11 Å². The van der Waals surface area contributed by atoms with E-state index < -0.39 is 6.10 Å². The Morgan fingerprint density at radius 1 is 1.50 bits per heavy atom. The Morgan fingerprint density at radius 2 is 2.19 bits per heavy atom. The molecule has 1 fully saturated rings. The molecule has 1 aliphatic heterocycles. The lowest BCUT2D eigenvalue weighted by molar-refractivity contribution is -0.0133. The molecule has 4 heteroatoms. The summed E-state index contributed by atoms with van der Waals surface area (Å²) in [6.07, 6.45) is 0.903. The smallest absolute Gasteiger partial charge is 0.0900 e. The molecule has 0 saturated carbocycles. The van der Waals surface area contributed by atoms with Crippen LogP contribution in [-0.2, 0) is 4.74 Å². The number of piperidine rings is 1. The Morgan fingerprint density at radius 3 is 2.75 bits per heavy atom. The van der Waals surface area contributed by atoms with Gasteiger partial charge in [0.25, 0.3) is 0 Å². The zero-order chi connectivity index (χ0) is 12.1. The van der Waals surface area contributed by atoms with Crippen molar-refractivity contribution < 1.29 is 9.84 Å². The van der Waals surface area contributed by atoms with Gasteiger partial charge in [-0.2, -0.15) is 0 Å². The molecule has 0 aromatic heterocycles. The van der Waals surface area contributed by atoms with Crippen LogP contribution in [0.5, 0.6) is 0 Å². The lowest BCUT2D eigenvalue weighted by Crippen LogP contribution is -2.50. The van der Waals surface area contributed by atoms with Crippen molar-refractivity contribution in [3.63, 3.8) is 0 Å². The maximum Gasteiger partial charge on any atom is 0.0900 e. The SMILES string of the molecule is CC(C)OCC(O)CN1CCC(C)C(N)C1. The number of hydrogen-bond donors (Lipinski definition) is 2. The van der Waals surface area contributed by atoms with Crippen LogP contribution in [0.25, 0.3) is 0 Å². The molecule has 0 radical (unpaired) electrons. The molecule has 0 amide bonds. The molecule has 96 valence electrons. The first-order valence-corrected chi connectivity index (χ1v) is 6.26. The van der Waals surface area contributed by atoms with Crippen molar-refractivity contribution in [1.82, 2.24) is 4.90 Å². The molecule has 0 bridgehead atoms. The van der Waals surface area contributed by atoms with Crippen molar-refractivity contribution in [3.05, 3.63) is 0 Å². The Balaban J connectivity index is 2.21. The van der Waals surface area contributed by atoms with Gasteiger partial charge in [-0.25, -0.2) is 0 Å². The van der Waals surface area contributed by atoms with E-state index in [1.54, 1.807) is 0 Å². The Bertz CT molecular complexity index is 199. The summed E-state index contributed by atoms with van der Waals surface area (Å²) in [6, 6.07) is 0.243. The second kappa shape index (κ2) is 6.55. The van der Waals surface area contributed by atoms with Crippen LogP contribution in [0.2, 0.25) is 0 Å². The molecule has 1 saturated heterocycles. The third-order valence-corrected chi connectivity index (χ3v) is 3.19. The number of aliphatic hydroxyl groups excluding tert-OH is 1. The molecule has 3 unspecified atom stereocenters. The van der Waals surface area contributed by atoms with Crippen LogP contribution in [0.4, 0.5) is 0 Å². The van der Waals surface area contributed by atoms with Crippen molar-refractivity contribution in [1.29, 1.82) is 0 Å². The summed E-state index contributed by atoms with van der Waals surface area (Å²) >= 11 is 0. The molecule has 3 N–H and O–H groups in total.